The van der Waals surface area contributed by atoms with Crippen LogP contribution in [-0.4, -0.2) is 23.1 Å². The average Bonchev–Trinajstić information content (AvgIpc) is 2.56. The molecule has 1 aromatic heterocycles. The minimum Gasteiger partial charge on any atom is -0.316 e. The van der Waals surface area contributed by atoms with Gasteiger partial charge < -0.3 is 5.32 Å². The molecule has 1 aliphatic heterocycles. The van der Waals surface area contributed by atoms with E-state index in [0.717, 1.165) is 25.3 Å². The molecular weight excluding hydrogens is 174 g/mol. The molecule has 2 heterocycles. The fraction of sp³-hybridized carbons (Fsp3) is 0.500. The topological polar surface area (TPSA) is 37.8 Å². The van der Waals surface area contributed by atoms with Crippen LogP contribution in [0.15, 0.2) is 12.3 Å². The molecule has 0 amide bonds. The lowest BCUT2D eigenvalue weighted by Gasteiger charge is -2.05. The van der Waals surface area contributed by atoms with E-state index in [-0.39, 0.29) is 0 Å². The molecular formula is C8H10ClN3. The van der Waals surface area contributed by atoms with Crippen LogP contribution in [0.3, 0.4) is 0 Å². The SMILES string of the molecule is Clc1ccnc(C2CCNC2)n1. The molecule has 0 aliphatic carbocycles. The lowest BCUT2D eigenvalue weighted by molar-refractivity contribution is 0.701. The lowest BCUT2D eigenvalue weighted by Crippen LogP contribution is -2.09. The number of hydrogen-bond donors (Lipinski definition) is 1. The van der Waals surface area contributed by atoms with Gasteiger partial charge in [-0.1, -0.05) is 11.6 Å². The second-order valence-electron chi connectivity index (χ2n) is 2.93. The Kier molecular flexibility index (Phi) is 2.23. The standard InChI is InChI=1S/C8H10ClN3/c9-7-2-4-11-8(12-7)6-1-3-10-5-6/h2,4,6,10H,1,3,5H2. The largest absolute Gasteiger partial charge is 0.316 e. The van der Waals surface area contributed by atoms with Crippen molar-refractivity contribution >= 4 is 11.6 Å². The van der Waals surface area contributed by atoms with Crippen molar-refractivity contribution in [1.29, 1.82) is 0 Å². The van der Waals surface area contributed by atoms with Crippen LogP contribution in [0.25, 0.3) is 0 Å². The van der Waals surface area contributed by atoms with Crippen molar-refractivity contribution in [1.82, 2.24) is 15.3 Å². The molecule has 1 unspecified atom stereocenters. The van der Waals surface area contributed by atoms with Crippen molar-refractivity contribution < 1.29 is 0 Å². The summed E-state index contributed by atoms with van der Waals surface area (Å²) in [7, 11) is 0. The van der Waals surface area contributed by atoms with Gasteiger partial charge in [-0.05, 0) is 19.0 Å². The Hall–Kier alpha value is -0.670. The highest BCUT2D eigenvalue weighted by Crippen LogP contribution is 2.19. The molecule has 64 valence electrons. The fourth-order valence-corrected chi connectivity index (χ4v) is 1.57. The van der Waals surface area contributed by atoms with Gasteiger partial charge in [-0.2, -0.15) is 0 Å². The van der Waals surface area contributed by atoms with Gasteiger partial charge in [0.25, 0.3) is 0 Å². The molecule has 1 N–H and O–H groups in total. The van der Waals surface area contributed by atoms with Crippen molar-refractivity contribution in [2.45, 2.75) is 12.3 Å². The van der Waals surface area contributed by atoms with Gasteiger partial charge in [0.2, 0.25) is 0 Å². The highest BCUT2D eigenvalue weighted by molar-refractivity contribution is 6.29. The maximum absolute atomic E-state index is 5.75. The van der Waals surface area contributed by atoms with Gasteiger partial charge in [0.15, 0.2) is 0 Å². The highest BCUT2D eigenvalue weighted by atomic mass is 35.5. The van der Waals surface area contributed by atoms with E-state index in [0.29, 0.717) is 11.1 Å². The number of halogens is 1. The van der Waals surface area contributed by atoms with E-state index in [2.05, 4.69) is 15.3 Å². The normalized spacial score (nSPS) is 22.9. The fourth-order valence-electron chi connectivity index (χ4n) is 1.42. The minimum atomic E-state index is 0.448. The number of rotatable bonds is 1. The second-order valence-corrected chi connectivity index (χ2v) is 3.31. The predicted octanol–water partition coefficient (Wildman–Crippen LogP) is 1.21. The maximum Gasteiger partial charge on any atom is 0.134 e. The van der Waals surface area contributed by atoms with E-state index in [1.807, 2.05) is 0 Å². The van der Waals surface area contributed by atoms with Crippen molar-refractivity contribution in [2.24, 2.45) is 0 Å². The predicted molar refractivity (Wildman–Crippen MR) is 47.3 cm³/mol. The molecule has 0 saturated carbocycles. The van der Waals surface area contributed by atoms with Crippen molar-refractivity contribution in [3.8, 4) is 0 Å². The Morgan fingerprint density at radius 3 is 3.17 bits per heavy atom. The van der Waals surface area contributed by atoms with Gasteiger partial charge >= 0.3 is 0 Å². The molecule has 1 aliphatic rings. The third-order valence-corrected chi connectivity index (χ3v) is 2.28. The van der Waals surface area contributed by atoms with Gasteiger partial charge in [0.05, 0.1) is 0 Å². The number of nitrogens with one attached hydrogen (secondary N) is 1. The van der Waals surface area contributed by atoms with Crippen molar-refractivity contribution in [3.63, 3.8) is 0 Å². The van der Waals surface area contributed by atoms with Gasteiger partial charge in [0.1, 0.15) is 11.0 Å². The number of nitrogens with zero attached hydrogens (tertiary/aromatic N) is 2. The first-order valence-electron chi connectivity index (χ1n) is 4.05. The summed E-state index contributed by atoms with van der Waals surface area (Å²) in [5.74, 6) is 1.32. The summed E-state index contributed by atoms with van der Waals surface area (Å²) in [5, 5.41) is 3.80. The molecule has 1 fully saturated rings. The third kappa shape index (κ3) is 1.57. The average molecular weight is 184 g/mol. The molecule has 0 aromatic carbocycles. The molecule has 1 aromatic rings. The summed E-state index contributed by atoms with van der Waals surface area (Å²) < 4.78 is 0. The van der Waals surface area contributed by atoms with Crippen LogP contribution < -0.4 is 5.32 Å². The molecule has 1 atom stereocenters. The molecule has 4 heteroatoms. The number of aromatic nitrogens is 2. The van der Waals surface area contributed by atoms with Gasteiger partial charge in [0, 0.05) is 18.7 Å². The van der Waals surface area contributed by atoms with Crippen molar-refractivity contribution in [3.05, 3.63) is 23.2 Å². The van der Waals surface area contributed by atoms with E-state index in [1.165, 1.54) is 0 Å². The summed E-state index contributed by atoms with van der Waals surface area (Å²) in [6.07, 6.45) is 2.82. The Bertz CT molecular complexity index is 271. The summed E-state index contributed by atoms with van der Waals surface area (Å²) in [5.41, 5.74) is 0. The molecule has 0 bridgehead atoms. The van der Waals surface area contributed by atoms with Crippen LogP contribution in [-0.2, 0) is 0 Å². The summed E-state index contributed by atoms with van der Waals surface area (Å²) >= 11 is 5.75. The summed E-state index contributed by atoms with van der Waals surface area (Å²) in [6, 6.07) is 1.70. The van der Waals surface area contributed by atoms with Gasteiger partial charge in [-0.3, -0.25) is 0 Å². The van der Waals surface area contributed by atoms with Gasteiger partial charge in [-0.25, -0.2) is 9.97 Å². The Morgan fingerprint density at radius 1 is 1.58 bits per heavy atom. The van der Waals surface area contributed by atoms with Gasteiger partial charge in [-0.15, -0.1) is 0 Å². The van der Waals surface area contributed by atoms with Crippen LogP contribution in [0.5, 0.6) is 0 Å². The molecule has 0 radical (unpaired) electrons. The molecule has 3 nitrogen and oxygen atoms in total. The van der Waals surface area contributed by atoms with E-state index >= 15 is 0 Å². The monoisotopic (exact) mass is 183 g/mol. The lowest BCUT2D eigenvalue weighted by atomic mass is 10.1. The highest BCUT2D eigenvalue weighted by Gasteiger charge is 2.18. The molecule has 1 saturated heterocycles. The Balaban J connectivity index is 2.21. The molecule has 0 spiro atoms. The minimum absolute atomic E-state index is 0.448. The van der Waals surface area contributed by atoms with Crippen LogP contribution in [0.4, 0.5) is 0 Å². The zero-order chi connectivity index (χ0) is 8.39. The van der Waals surface area contributed by atoms with Crippen LogP contribution in [0.2, 0.25) is 5.15 Å². The second kappa shape index (κ2) is 3.37. The molecule has 12 heavy (non-hydrogen) atoms. The van der Waals surface area contributed by atoms with E-state index in [1.54, 1.807) is 12.3 Å². The maximum atomic E-state index is 5.75. The van der Waals surface area contributed by atoms with E-state index in [9.17, 15) is 0 Å². The third-order valence-electron chi connectivity index (χ3n) is 2.07. The Labute approximate surface area is 76.2 Å². The summed E-state index contributed by atoms with van der Waals surface area (Å²) in [6.45, 7) is 2.03. The zero-order valence-electron chi connectivity index (χ0n) is 6.63. The number of hydrogen-bond acceptors (Lipinski definition) is 3. The summed E-state index contributed by atoms with van der Waals surface area (Å²) in [4.78, 5) is 8.36. The van der Waals surface area contributed by atoms with E-state index < -0.39 is 0 Å². The van der Waals surface area contributed by atoms with E-state index in [4.69, 9.17) is 11.6 Å². The van der Waals surface area contributed by atoms with Crippen LogP contribution in [0.1, 0.15) is 18.2 Å². The smallest absolute Gasteiger partial charge is 0.134 e. The Morgan fingerprint density at radius 2 is 2.50 bits per heavy atom. The first-order valence-corrected chi connectivity index (χ1v) is 4.43. The van der Waals surface area contributed by atoms with Crippen LogP contribution >= 0.6 is 11.6 Å². The first kappa shape index (κ1) is 7.95. The van der Waals surface area contributed by atoms with Crippen LogP contribution in [0, 0.1) is 0 Å². The zero-order valence-corrected chi connectivity index (χ0v) is 7.38. The van der Waals surface area contributed by atoms with Crippen molar-refractivity contribution in [2.75, 3.05) is 13.1 Å². The quantitative estimate of drug-likeness (QED) is 0.666. The first-order chi connectivity index (χ1) is 5.86. The molecule has 2 rings (SSSR count).